The van der Waals surface area contributed by atoms with E-state index in [1.54, 1.807) is 18.4 Å². The first kappa shape index (κ1) is 15.1. The fourth-order valence-corrected chi connectivity index (χ4v) is 3.32. The van der Waals surface area contributed by atoms with Gasteiger partial charge in [-0.25, -0.2) is 9.37 Å². The van der Waals surface area contributed by atoms with Gasteiger partial charge in [-0.3, -0.25) is 9.58 Å². The van der Waals surface area contributed by atoms with Crippen molar-refractivity contribution in [2.75, 3.05) is 6.54 Å². The van der Waals surface area contributed by atoms with E-state index in [9.17, 15) is 4.39 Å². The Morgan fingerprint density at radius 1 is 1.29 bits per heavy atom. The molecule has 1 fully saturated rings. The third kappa shape index (κ3) is 2.97. The van der Waals surface area contributed by atoms with Crippen molar-refractivity contribution < 1.29 is 8.81 Å². The summed E-state index contributed by atoms with van der Waals surface area (Å²) in [6.07, 6.45) is 8.01. The van der Waals surface area contributed by atoms with E-state index < -0.39 is 0 Å². The molecule has 1 unspecified atom stereocenters. The molecular formula is C18H19FN4O. The number of hydrogen-bond acceptors (Lipinski definition) is 4. The van der Waals surface area contributed by atoms with E-state index in [0.717, 1.165) is 30.8 Å². The number of aromatic nitrogens is 3. The zero-order valence-electron chi connectivity index (χ0n) is 13.5. The summed E-state index contributed by atoms with van der Waals surface area (Å²) in [5.41, 5.74) is 2.93. The highest BCUT2D eigenvalue weighted by Crippen LogP contribution is 2.33. The highest BCUT2D eigenvalue weighted by atomic mass is 19.1. The van der Waals surface area contributed by atoms with Gasteiger partial charge in [-0.2, -0.15) is 5.10 Å². The Morgan fingerprint density at radius 3 is 2.88 bits per heavy atom. The summed E-state index contributed by atoms with van der Waals surface area (Å²) in [6, 6.07) is 6.57. The first-order valence-electron chi connectivity index (χ1n) is 8.12. The molecule has 1 aromatic carbocycles. The summed E-state index contributed by atoms with van der Waals surface area (Å²) in [7, 11) is 1.94. The van der Waals surface area contributed by atoms with Crippen LogP contribution < -0.4 is 0 Å². The maximum atomic E-state index is 13.0. The van der Waals surface area contributed by atoms with Crippen LogP contribution >= 0.6 is 0 Å². The van der Waals surface area contributed by atoms with Gasteiger partial charge in [0.1, 0.15) is 12.1 Å². The number of hydrogen-bond donors (Lipinski definition) is 0. The molecule has 1 saturated heterocycles. The first-order valence-corrected chi connectivity index (χ1v) is 8.12. The minimum Gasteiger partial charge on any atom is -0.444 e. The van der Waals surface area contributed by atoms with E-state index >= 15 is 0 Å². The van der Waals surface area contributed by atoms with Crippen LogP contribution in [0.5, 0.6) is 0 Å². The van der Waals surface area contributed by atoms with E-state index in [4.69, 9.17) is 4.42 Å². The zero-order chi connectivity index (χ0) is 16.5. The minimum absolute atomic E-state index is 0.262. The highest BCUT2D eigenvalue weighted by Gasteiger charge is 2.27. The summed E-state index contributed by atoms with van der Waals surface area (Å²) in [5, 5.41) is 4.28. The normalized spacial score (nSPS) is 18.3. The average Bonchev–Trinajstić information content (AvgIpc) is 3.30. The molecule has 0 spiro atoms. The number of nitrogens with zero attached hydrogens (tertiary/aromatic N) is 4. The van der Waals surface area contributed by atoms with E-state index in [0.29, 0.717) is 11.9 Å². The molecule has 5 nitrogen and oxygen atoms in total. The van der Waals surface area contributed by atoms with Gasteiger partial charge >= 0.3 is 0 Å². The fourth-order valence-electron chi connectivity index (χ4n) is 3.32. The number of halogens is 1. The van der Waals surface area contributed by atoms with Crippen LogP contribution in [0.2, 0.25) is 0 Å². The standard InChI is InChI=1S/C18H19FN4O/c1-22-10-14(9-20-22)17-3-2-8-23(17)11-16-12-24-18(21-16)13-4-6-15(19)7-5-13/h4-7,9-10,12,17H,2-3,8,11H2,1H3. The van der Waals surface area contributed by atoms with Gasteiger partial charge in [-0.05, 0) is 43.7 Å². The number of aryl methyl sites for hydroxylation is 1. The molecule has 3 heterocycles. The van der Waals surface area contributed by atoms with Crippen molar-refractivity contribution >= 4 is 0 Å². The summed E-state index contributed by atoms with van der Waals surface area (Å²) >= 11 is 0. The van der Waals surface area contributed by atoms with Crippen molar-refractivity contribution in [1.29, 1.82) is 0 Å². The van der Waals surface area contributed by atoms with E-state index in [-0.39, 0.29) is 5.82 Å². The number of benzene rings is 1. The van der Waals surface area contributed by atoms with Gasteiger partial charge < -0.3 is 4.42 Å². The van der Waals surface area contributed by atoms with Crippen molar-refractivity contribution in [3.8, 4) is 11.5 Å². The van der Waals surface area contributed by atoms with Gasteiger partial charge in [0.15, 0.2) is 0 Å². The minimum atomic E-state index is -0.262. The van der Waals surface area contributed by atoms with Crippen LogP contribution in [0, 0.1) is 5.82 Å². The molecule has 1 atom stereocenters. The van der Waals surface area contributed by atoms with Gasteiger partial charge in [0.05, 0.1) is 11.9 Å². The van der Waals surface area contributed by atoms with Crippen molar-refractivity contribution in [2.24, 2.45) is 7.05 Å². The summed E-state index contributed by atoms with van der Waals surface area (Å²) in [4.78, 5) is 6.96. The van der Waals surface area contributed by atoms with Crippen LogP contribution in [-0.2, 0) is 13.6 Å². The van der Waals surface area contributed by atoms with Crippen LogP contribution in [-0.4, -0.2) is 26.2 Å². The molecule has 3 aromatic rings. The Bertz CT molecular complexity index is 824. The van der Waals surface area contributed by atoms with Crippen molar-refractivity contribution in [3.63, 3.8) is 0 Å². The molecule has 0 saturated carbocycles. The lowest BCUT2D eigenvalue weighted by Crippen LogP contribution is -2.22. The fraction of sp³-hybridized carbons (Fsp3) is 0.333. The molecule has 6 heteroatoms. The predicted molar refractivity (Wildman–Crippen MR) is 87.5 cm³/mol. The molecule has 0 bridgehead atoms. The van der Waals surface area contributed by atoms with E-state index in [1.807, 2.05) is 17.9 Å². The van der Waals surface area contributed by atoms with Crippen LogP contribution in [0.25, 0.3) is 11.5 Å². The summed E-state index contributed by atoms with van der Waals surface area (Å²) < 4.78 is 20.4. The number of oxazole rings is 1. The van der Waals surface area contributed by atoms with Gasteiger partial charge in [-0.1, -0.05) is 0 Å². The molecule has 0 N–H and O–H groups in total. The zero-order valence-corrected chi connectivity index (χ0v) is 13.5. The van der Waals surface area contributed by atoms with Crippen LogP contribution in [0.15, 0.2) is 47.3 Å². The lowest BCUT2D eigenvalue weighted by Gasteiger charge is -2.22. The highest BCUT2D eigenvalue weighted by molar-refractivity contribution is 5.52. The first-order chi connectivity index (χ1) is 11.7. The van der Waals surface area contributed by atoms with Crippen molar-refractivity contribution in [2.45, 2.75) is 25.4 Å². The Labute approximate surface area is 139 Å². The quantitative estimate of drug-likeness (QED) is 0.735. The van der Waals surface area contributed by atoms with Crippen LogP contribution in [0.3, 0.4) is 0 Å². The molecule has 0 amide bonds. The van der Waals surface area contributed by atoms with Crippen molar-refractivity contribution in [3.05, 3.63) is 60.0 Å². The molecule has 24 heavy (non-hydrogen) atoms. The lowest BCUT2D eigenvalue weighted by molar-refractivity contribution is 0.245. The summed E-state index contributed by atoms with van der Waals surface area (Å²) in [6.45, 7) is 1.78. The smallest absolute Gasteiger partial charge is 0.226 e. The Hall–Kier alpha value is -2.47. The average molecular weight is 326 g/mol. The van der Waals surface area contributed by atoms with E-state index in [2.05, 4.69) is 21.2 Å². The molecule has 2 aromatic heterocycles. The largest absolute Gasteiger partial charge is 0.444 e. The third-order valence-electron chi connectivity index (χ3n) is 4.48. The van der Waals surface area contributed by atoms with Gasteiger partial charge in [0, 0.05) is 37.0 Å². The van der Waals surface area contributed by atoms with Crippen LogP contribution in [0.4, 0.5) is 4.39 Å². The van der Waals surface area contributed by atoms with Crippen LogP contribution in [0.1, 0.15) is 30.1 Å². The maximum Gasteiger partial charge on any atom is 0.226 e. The monoisotopic (exact) mass is 326 g/mol. The van der Waals surface area contributed by atoms with Gasteiger partial charge in [0.25, 0.3) is 0 Å². The molecule has 1 aliphatic rings. The summed E-state index contributed by atoms with van der Waals surface area (Å²) in [5.74, 6) is 0.268. The number of likely N-dealkylation sites (tertiary alicyclic amines) is 1. The van der Waals surface area contributed by atoms with Gasteiger partial charge in [-0.15, -0.1) is 0 Å². The lowest BCUT2D eigenvalue weighted by atomic mass is 10.1. The van der Waals surface area contributed by atoms with Gasteiger partial charge in [0.2, 0.25) is 5.89 Å². The Balaban J connectivity index is 1.50. The van der Waals surface area contributed by atoms with E-state index in [1.165, 1.54) is 24.1 Å². The third-order valence-corrected chi connectivity index (χ3v) is 4.48. The second-order valence-corrected chi connectivity index (χ2v) is 6.23. The topological polar surface area (TPSA) is 47.1 Å². The SMILES string of the molecule is Cn1cc(C2CCCN2Cc2coc(-c3ccc(F)cc3)n2)cn1. The Kier molecular flexibility index (Phi) is 3.90. The molecule has 0 radical (unpaired) electrons. The predicted octanol–water partition coefficient (Wildman–Crippen LogP) is 3.55. The second-order valence-electron chi connectivity index (χ2n) is 6.23. The molecule has 0 aliphatic carbocycles. The maximum absolute atomic E-state index is 13.0. The molecule has 124 valence electrons. The molecular weight excluding hydrogens is 307 g/mol. The number of rotatable bonds is 4. The van der Waals surface area contributed by atoms with Crippen molar-refractivity contribution in [1.82, 2.24) is 19.7 Å². The molecule has 4 rings (SSSR count). The molecule has 1 aliphatic heterocycles. The Morgan fingerprint density at radius 2 is 2.12 bits per heavy atom. The second kappa shape index (κ2) is 6.20.